The Morgan fingerprint density at radius 2 is 2.05 bits per heavy atom. The molecule has 3 nitrogen and oxygen atoms in total. The lowest BCUT2D eigenvalue weighted by molar-refractivity contribution is 0.581. The smallest absolute Gasteiger partial charge is 0.191 e. The molecule has 112 valence electrons. The summed E-state index contributed by atoms with van der Waals surface area (Å²) in [5.74, 6) is 0.873. The van der Waals surface area contributed by atoms with Crippen molar-refractivity contribution < 1.29 is 8.78 Å². The van der Waals surface area contributed by atoms with E-state index in [-0.39, 0.29) is 12.1 Å². The second kappa shape index (κ2) is 9.58. The van der Waals surface area contributed by atoms with Crippen LogP contribution in [0.15, 0.2) is 23.2 Å². The van der Waals surface area contributed by atoms with Gasteiger partial charge in [0.15, 0.2) is 5.96 Å². The van der Waals surface area contributed by atoms with Crippen molar-refractivity contribution in [2.45, 2.75) is 19.4 Å². The summed E-state index contributed by atoms with van der Waals surface area (Å²) in [4.78, 5) is 4.05. The average molecular weight is 301 g/mol. The van der Waals surface area contributed by atoms with Crippen molar-refractivity contribution in [1.29, 1.82) is 0 Å². The Hall–Kier alpha value is -1.30. The average Bonchev–Trinajstić information content (AvgIpc) is 2.45. The second-order valence-electron chi connectivity index (χ2n) is 4.29. The molecule has 0 atom stereocenters. The quantitative estimate of drug-likeness (QED) is 0.462. The molecule has 0 radical (unpaired) electrons. The van der Waals surface area contributed by atoms with Gasteiger partial charge in [-0.15, -0.1) is 0 Å². The van der Waals surface area contributed by atoms with Crippen LogP contribution in [0.3, 0.4) is 0 Å². The number of nitrogens with zero attached hydrogens (tertiary/aromatic N) is 1. The minimum Gasteiger partial charge on any atom is -0.356 e. The molecule has 0 aliphatic carbocycles. The van der Waals surface area contributed by atoms with Crippen molar-refractivity contribution in [2.75, 3.05) is 25.6 Å². The molecular weight excluding hydrogens is 280 g/mol. The maximum absolute atomic E-state index is 13.4. The molecule has 1 aromatic rings. The summed E-state index contributed by atoms with van der Waals surface area (Å²) in [5, 5.41) is 6.12. The van der Waals surface area contributed by atoms with Crippen molar-refractivity contribution in [3.63, 3.8) is 0 Å². The fourth-order valence-corrected chi connectivity index (χ4v) is 2.15. The maximum atomic E-state index is 13.4. The first-order chi connectivity index (χ1) is 9.67. The van der Waals surface area contributed by atoms with Gasteiger partial charge in [-0.1, -0.05) is 0 Å². The minimum atomic E-state index is -0.441. The third-order valence-electron chi connectivity index (χ3n) is 2.75. The first-order valence-corrected chi connectivity index (χ1v) is 7.94. The molecule has 0 amide bonds. The summed E-state index contributed by atoms with van der Waals surface area (Å²) in [6.45, 7) is 1.01. The van der Waals surface area contributed by atoms with E-state index in [1.54, 1.807) is 7.05 Å². The molecule has 0 aromatic heterocycles. The summed E-state index contributed by atoms with van der Waals surface area (Å²) in [5.41, 5.74) is 0.287. The molecule has 2 N–H and O–H groups in total. The zero-order chi connectivity index (χ0) is 14.8. The monoisotopic (exact) mass is 301 g/mol. The van der Waals surface area contributed by atoms with E-state index in [4.69, 9.17) is 0 Å². The van der Waals surface area contributed by atoms with Gasteiger partial charge in [-0.25, -0.2) is 8.78 Å². The van der Waals surface area contributed by atoms with E-state index in [2.05, 4.69) is 21.9 Å². The Kier molecular flexibility index (Phi) is 8.02. The highest BCUT2D eigenvalue weighted by molar-refractivity contribution is 7.98. The van der Waals surface area contributed by atoms with Gasteiger partial charge in [0.1, 0.15) is 11.6 Å². The van der Waals surface area contributed by atoms with E-state index in [1.165, 1.54) is 6.07 Å². The zero-order valence-corrected chi connectivity index (χ0v) is 12.7. The van der Waals surface area contributed by atoms with Crippen LogP contribution < -0.4 is 10.6 Å². The number of guanidine groups is 1. The summed E-state index contributed by atoms with van der Waals surface area (Å²) < 4.78 is 26.5. The Morgan fingerprint density at radius 3 is 2.75 bits per heavy atom. The number of halogens is 2. The highest BCUT2D eigenvalue weighted by atomic mass is 32.2. The van der Waals surface area contributed by atoms with Gasteiger partial charge in [0.05, 0.1) is 0 Å². The van der Waals surface area contributed by atoms with Crippen molar-refractivity contribution >= 4 is 17.7 Å². The predicted molar refractivity (Wildman–Crippen MR) is 82.2 cm³/mol. The molecule has 0 fully saturated rings. The normalized spacial score (nSPS) is 11.5. The number of hydrogen-bond acceptors (Lipinski definition) is 2. The van der Waals surface area contributed by atoms with Crippen LogP contribution in [-0.4, -0.2) is 31.6 Å². The van der Waals surface area contributed by atoms with Crippen LogP contribution in [0.4, 0.5) is 8.78 Å². The summed E-state index contributed by atoms with van der Waals surface area (Å²) in [6.07, 6.45) is 4.28. The predicted octanol–water partition coefficient (Wildman–Crippen LogP) is 2.77. The van der Waals surface area contributed by atoms with Gasteiger partial charge in [0, 0.05) is 25.7 Å². The van der Waals surface area contributed by atoms with Gasteiger partial charge < -0.3 is 10.6 Å². The van der Waals surface area contributed by atoms with E-state index < -0.39 is 11.6 Å². The molecule has 0 unspecified atom stereocenters. The van der Waals surface area contributed by atoms with E-state index >= 15 is 0 Å². The van der Waals surface area contributed by atoms with Crippen LogP contribution in [0.5, 0.6) is 0 Å². The first-order valence-electron chi connectivity index (χ1n) is 6.54. The summed E-state index contributed by atoms with van der Waals surface area (Å²) >= 11 is 1.83. The van der Waals surface area contributed by atoms with Crippen LogP contribution in [0.25, 0.3) is 0 Å². The topological polar surface area (TPSA) is 36.4 Å². The van der Waals surface area contributed by atoms with Crippen LogP contribution in [-0.2, 0) is 6.54 Å². The van der Waals surface area contributed by atoms with E-state index in [9.17, 15) is 8.78 Å². The van der Waals surface area contributed by atoms with Crippen LogP contribution >= 0.6 is 11.8 Å². The third kappa shape index (κ3) is 6.23. The van der Waals surface area contributed by atoms with Crippen molar-refractivity contribution in [1.82, 2.24) is 10.6 Å². The Labute approximate surface area is 123 Å². The zero-order valence-electron chi connectivity index (χ0n) is 11.9. The molecule has 0 spiro atoms. The first kappa shape index (κ1) is 16.8. The van der Waals surface area contributed by atoms with Gasteiger partial charge in [-0.3, -0.25) is 4.99 Å². The second-order valence-corrected chi connectivity index (χ2v) is 5.27. The number of hydrogen-bond donors (Lipinski definition) is 2. The number of rotatable bonds is 7. The Balaban J connectivity index is 2.36. The maximum Gasteiger partial charge on any atom is 0.191 e. The fraction of sp³-hybridized carbons (Fsp3) is 0.500. The van der Waals surface area contributed by atoms with E-state index in [0.29, 0.717) is 5.96 Å². The number of benzene rings is 1. The molecule has 20 heavy (non-hydrogen) atoms. The fourth-order valence-electron chi connectivity index (χ4n) is 1.66. The molecule has 0 saturated heterocycles. The Morgan fingerprint density at radius 1 is 1.25 bits per heavy atom. The van der Waals surface area contributed by atoms with Crippen LogP contribution in [0.1, 0.15) is 18.4 Å². The van der Waals surface area contributed by atoms with Crippen LogP contribution in [0, 0.1) is 11.6 Å². The molecule has 0 aliphatic heterocycles. The largest absolute Gasteiger partial charge is 0.356 e. The number of aliphatic imine (C=N–C) groups is 1. The van der Waals surface area contributed by atoms with Crippen molar-refractivity contribution in [3.8, 4) is 0 Å². The van der Waals surface area contributed by atoms with Crippen LogP contribution in [0.2, 0.25) is 0 Å². The molecule has 0 heterocycles. The van der Waals surface area contributed by atoms with Gasteiger partial charge in [0.2, 0.25) is 0 Å². The molecule has 0 saturated carbocycles. The standard InChI is InChI=1S/C14H21F2N3S/c1-17-14(18-7-3-4-8-20-2)19-10-11-9-12(15)5-6-13(11)16/h5-6,9H,3-4,7-8,10H2,1-2H3,(H2,17,18,19). The lowest BCUT2D eigenvalue weighted by Crippen LogP contribution is -2.37. The Bertz CT molecular complexity index is 438. The van der Waals surface area contributed by atoms with Gasteiger partial charge in [0.25, 0.3) is 0 Å². The highest BCUT2D eigenvalue weighted by Crippen LogP contribution is 2.09. The summed E-state index contributed by atoms with van der Waals surface area (Å²) in [6, 6.07) is 3.43. The van der Waals surface area contributed by atoms with E-state index in [1.807, 2.05) is 11.8 Å². The molecule has 0 bridgehead atoms. The molecule has 1 rings (SSSR count). The van der Waals surface area contributed by atoms with E-state index in [0.717, 1.165) is 37.3 Å². The SMILES string of the molecule is CN=C(NCCCCSC)NCc1cc(F)ccc1F. The number of nitrogens with one attached hydrogen (secondary N) is 2. The van der Waals surface area contributed by atoms with Gasteiger partial charge in [-0.2, -0.15) is 11.8 Å². The lowest BCUT2D eigenvalue weighted by Gasteiger charge is -2.12. The van der Waals surface area contributed by atoms with Crippen molar-refractivity contribution in [2.24, 2.45) is 4.99 Å². The number of unbranched alkanes of at least 4 members (excludes halogenated alkanes) is 1. The lowest BCUT2D eigenvalue weighted by atomic mass is 10.2. The minimum absolute atomic E-state index is 0.202. The summed E-state index contributed by atoms with van der Waals surface area (Å²) in [7, 11) is 1.65. The third-order valence-corrected chi connectivity index (χ3v) is 3.44. The number of thioether (sulfide) groups is 1. The van der Waals surface area contributed by atoms with Gasteiger partial charge in [-0.05, 0) is 43.0 Å². The highest BCUT2D eigenvalue weighted by Gasteiger charge is 2.04. The molecule has 6 heteroatoms. The molecule has 0 aliphatic rings. The molecular formula is C14H21F2N3S. The van der Waals surface area contributed by atoms with Gasteiger partial charge >= 0.3 is 0 Å². The van der Waals surface area contributed by atoms with Crippen molar-refractivity contribution in [3.05, 3.63) is 35.4 Å². The molecule has 1 aromatic carbocycles.